The van der Waals surface area contributed by atoms with Crippen molar-refractivity contribution in [1.29, 1.82) is 0 Å². The fourth-order valence-corrected chi connectivity index (χ4v) is 2.97. The van der Waals surface area contributed by atoms with Crippen molar-refractivity contribution in [3.8, 4) is 22.5 Å². The molecule has 4 aromatic rings. The predicted molar refractivity (Wildman–Crippen MR) is 92.6 cm³/mol. The number of hydrogen-bond donors (Lipinski definition) is 2. The molecule has 4 nitrogen and oxygen atoms in total. The molecule has 0 saturated carbocycles. The molecular formula is C18H12ClN3O. The highest BCUT2D eigenvalue weighted by Crippen LogP contribution is 2.34. The molecule has 0 fully saturated rings. The van der Waals surface area contributed by atoms with Crippen LogP contribution in [0.15, 0.2) is 65.7 Å². The van der Waals surface area contributed by atoms with Crippen molar-refractivity contribution in [3.63, 3.8) is 0 Å². The van der Waals surface area contributed by atoms with Crippen LogP contribution < -0.4 is 5.56 Å². The first-order valence-electron chi connectivity index (χ1n) is 7.15. The van der Waals surface area contributed by atoms with Gasteiger partial charge in [-0.1, -0.05) is 41.9 Å². The third-order valence-corrected chi connectivity index (χ3v) is 4.01. The molecule has 0 saturated heterocycles. The lowest BCUT2D eigenvalue weighted by atomic mass is 9.96. The van der Waals surface area contributed by atoms with Crippen LogP contribution in [0.3, 0.4) is 0 Å². The number of aromatic nitrogens is 3. The molecule has 0 aliphatic heterocycles. The molecule has 112 valence electrons. The maximum absolute atomic E-state index is 12.7. The summed E-state index contributed by atoms with van der Waals surface area (Å²) in [6, 6.07) is 15.2. The zero-order valence-electron chi connectivity index (χ0n) is 12.0. The number of fused-ring (bicyclic) bond motifs is 1. The lowest BCUT2D eigenvalue weighted by Gasteiger charge is -2.12. The van der Waals surface area contributed by atoms with Gasteiger partial charge in [0.15, 0.2) is 0 Å². The van der Waals surface area contributed by atoms with Gasteiger partial charge in [-0.25, -0.2) is 4.98 Å². The lowest BCUT2D eigenvalue weighted by Crippen LogP contribution is -2.12. The molecule has 0 aliphatic carbocycles. The number of benzene rings is 2. The minimum atomic E-state index is -0.186. The van der Waals surface area contributed by atoms with E-state index in [0.717, 1.165) is 22.0 Å². The first kappa shape index (κ1) is 13.8. The first-order chi connectivity index (χ1) is 11.2. The van der Waals surface area contributed by atoms with Gasteiger partial charge in [0.1, 0.15) is 5.82 Å². The van der Waals surface area contributed by atoms with E-state index >= 15 is 0 Å². The van der Waals surface area contributed by atoms with Crippen LogP contribution in [0, 0.1) is 0 Å². The van der Waals surface area contributed by atoms with Crippen LogP contribution in [0.2, 0.25) is 5.02 Å². The first-order valence-corrected chi connectivity index (χ1v) is 7.52. The quantitative estimate of drug-likeness (QED) is 0.580. The van der Waals surface area contributed by atoms with Crippen molar-refractivity contribution in [2.75, 3.05) is 0 Å². The smallest absolute Gasteiger partial charge is 0.260 e. The molecule has 0 radical (unpaired) electrons. The molecule has 2 aromatic carbocycles. The summed E-state index contributed by atoms with van der Waals surface area (Å²) in [6.45, 7) is 0. The molecule has 0 spiro atoms. The highest BCUT2D eigenvalue weighted by atomic mass is 35.5. The third kappa shape index (κ3) is 2.33. The molecular weight excluding hydrogens is 310 g/mol. The number of H-pyrrole nitrogens is 2. The normalized spacial score (nSPS) is 11.0. The molecule has 0 amide bonds. The minimum Gasteiger partial charge on any atom is -0.344 e. The Bertz CT molecular complexity index is 1040. The Morgan fingerprint density at radius 1 is 1.00 bits per heavy atom. The number of imidazole rings is 1. The largest absolute Gasteiger partial charge is 0.344 e. The highest BCUT2D eigenvalue weighted by Gasteiger charge is 2.17. The fourth-order valence-electron chi connectivity index (χ4n) is 2.80. The van der Waals surface area contributed by atoms with Crippen LogP contribution in [0.1, 0.15) is 0 Å². The molecule has 0 aliphatic rings. The van der Waals surface area contributed by atoms with Gasteiger partial charge in [0.05, 0.1) is 5.56 Å². The summed E-state index contributed by atoms with van der Waals surface area (Å²) in [5, 5.41) is 1.50. The van der Waals surface area contributed by atoms with Crippen LogP contribution in [0.4, 0.5) is 0 Å². The van der Waals surface area contributed by atoms with Crippen LogP contribution in [0.25, 0.3) is 33.4 Å². The molecule has 4 rings (SSSR count). The van der Waals surface area contributed by atoms with E-state index in [0.29, 0.717) is 16.4 Å². The monoisotopic (exact) mass is 321 g/mol. The Kier molecular flexibility index (Phi) is 3.24. The zero-order chi connectivity index (χ0) is 15.8. The molecule has 2 heterocycles. The maximum atomic E-state index is 12.7. The number of rotatable bonds is 2. The number of hydrogen-bond acceptors (Lipinski definition) is 2. The average Bonchev–Trinajstić information content (AvgIpc) is 3.09. The van der Waals surface area contributed by atoms with Crippen LogP contribution in [0.5, 0.6) is 0 Å². The van der Waals surface area contributed by atoms with E-state index < -0.39 is 0 Å². The molecule has 23 heavy (non-hydrogen) atoms. The topological polar surface area (TPSA) is 61.5 Å². The summed E-state index contributed by atoms with van der Waals surface area (Å²) in [5.74, 6) is 0.534. The Morgan fingerprint density at radius 2 is 1.83 bits per heavy atom. The second kappa shape index (κ2) is 5.41. The summed E-state index contributed by atoms with van der Waals surface area (Å²) in [7, 11) is 0. The number of pyridine rings is 1. The summed E-state index contributed by atoms with van der Waals surface area (Å²) >= 11 is 6.18. The van der Waals surface area contributed by atoms with Gasteiger partial charge in [-0.2, -0.15) is 0 Å². The molecule has 0 bridgehead atoms. The summed E-state index contributed by atoms with van der Waals surface area (Å²) in [4.78, 5) is 22.8. The van der Waals surface area contributed by atoms with Gasteiger partial charge in [-0.3, -0.25) is 4.79 Å². The Morgan fingerprint density at radius 3 is 2.57 bits per heavy atom. The second-order valence-electron chi connectivity index (χ2n) is 5.20. The Labute approximate surface area is 136 Å². The van der Waals surface area contributed by atoms with Gasteiger partial charge in [-0.05, 0) is 23.8 Å². The number of aromatic amines is 2. The Balaban J connectivity index is 2.20. The van der Waals surface area contributed by atoms with E-state index in [9.17, 15) is 4.79 Å². The van der Waals surface area contributed by atoms with E-state index in [-0.39, 0.29) is 5.56 Å². The van der Waals surface area contributed by atoms with Gasteiger partial charge in [-0.15, -0.1) is 0 Å². The third-order valence-electron chi connectivity index (χ3n) is 3.77. The van der Waals surface area contributed by atoms with Gasteiger partial charge in [0, 0.05) is 33.9 Å². The lowest BCUT2D eigenvalue weighted by molar-refractivity contribution is 1.24. The highest BCUT2D eigenvalue weighted by molar-refractivity contribution is 6.31. The van der Waals surface area contributed by atoms with Crippen molar-refractivity contribution in [3.05, 3.63) is 76.3 Å². The van der Waals surface area contributed by atoms with Gasteiger partial charge >= 0.3 is 0 Å². The van der Waals surface area contributed by atoms with Crippen molar-refractivity contribution in [1.82, 2.24) is 15.0 Å². The van der Waals surface area contributed by atoms with Crippen molar-refractivity contribution >= 4 is 22.5 Å². The van der Waals surface area contributed by atoms with Gasteiger partial charge in [0.2, 0.25) is 0 Å². The van der Waals surface area contributed by atoms with E-state index in [1.54, 1.807) is 18.5 Å². The van der Waals surface area contributed by atoms with Crippen LogP contribution >= 0.6 is 11.6 Å². The fraction of sp³-hybridized carbons (Fsp3) is 0. The SMILES string of the molecule is O=c1[nH]c2ccc(Cl)cc2c(-c2ccccc2)c1-c1ncc[nH]1. The van der Waals surface area contributed by atoms with Crippen LogP contribution in [-0.2, 0) is 0 Å². The number of nitrogens with one attached hydrogen (secondary N) is 2. The minimum absolute atomic E-state index is 0.186. The standard InChI is InChI=1S/C18H12ClN3O/c19-12-6-7-14-13(10-12)15(11-4-2-1-3-5-11)16(18(23)22-14)17-20-8-9-21-17/h1-10H,(H,20,21)(H,22,23). The molecule has 5 heteroatoms. The van der Waals surface area contributed by atoms with Crippen molar-refractivity contribution in [2.24, 2.45) is 0 Å². The predicted octanol–water partition coefficient (Wildman–Crippen LogP) is 4.24. The summed E-state index contributed by atoms with van der Waals surface area (Å²) in [5.41, 5.74) is 2.83. The second-order valence-corrected chi connectivity index (χ2v) is 5.63. The molecule has 0 unspecified atom stereocenters. The number of halogens is 1. The van der Waals surface area contributed by atoms with Gasteiger partial charge in [0.25, 0.3) is 5.56 Å². The maximum Gasteiger partial charge on any atom is 0.260 e. The number of nitrogens with zero attached hydrogens (tertiary/aromatic N) is 1. The van der Waals surface area contributed by atoms with E-state index in [1.807, 2.05) is 42.5 Å². The molecule has 2 N–H and O–H groups in total. The molecule has 0 atom stereocenters. The van der Waals surface area contributed by atoms with E-state index in [4.69, 9.17) is 11.6 Å². The van der Waals surface area contributed by atoms with Gasteiger partial charge < -0.3 is 9.97 Å². The average molecular weight is 322 g/mol. The van der Waals surface area contributed by atoms with Crippen LogP contribution in [-0.4, -0.2) is 15.0 Å². The zero-order valence-corrected chi connectivity index (χ0v) is 12.8. The van der Waals surface area contributed by atoms with Crippen molar-refractivity contribution in [2.45, 2.75) is 0 Å². The summed E-state index contributed by atoms with van der Waals surface area (Å²) < 4.78 is 0. The Hall–Kier alpha value is -2.85. The van der Waals surface area contributed by atoms with Crippen molar-refractivity contribution < 1.29 is 0 Å². The molecule has 2 aromatic heterocycles. The van der Waals surface area contributed by atoms with E-state index in [1.165, 1.54) is 0 Å². The summed E-state index contributed by atoms with van der Waals surface area (Å²) in [6.07, 6.45) is 3.33. The van der Waals surface area contributed by atoms with E-state index in [2.05, 4.69) is 15.0 Å².